The zero-order chi connectivity index (χ0) is 13.2. The van der Waals surface area contributed by atoms with Crippen LogP contribution in [0.3, 0.4) is 0 Å². The van der Waals surface area contributed by atoms with Crippen LogP contribution in [0.1, 0.15) is 40.5 Å². The zero-order valence-corrected chi connectivity index (χ0v) is 11.4. The van der Waals surface area contributed by atoms with Crippen molar-refractivity contribution < 1.29 is 9.90 Å². The van der Waals surface area contributed by atoms with E-state index in [0.717, 1.165) is 12.8 Å². The number of likely N-dealkylation sites (tertiary alicyclic amines) is 1. The number of carbonyl (C=O) groups excluding carboxylic acids is 1. The average Bonchev–Trinajstić information content (AvgIpc) is 2.20. The van der Waals surface area contributed by atoms with Crippen molar-refractivity contribution in [1.29, 1.82) is 0 Å². The molecule has 1 heterocycles. The summed E-state index contributed by atoms with van der Waals surface area (Å²) in [4.78, 5) is 13.4. The number of piperidine rings is 1. The number of hydrogen-bond acceptors (Lipinski definition) is 3. The third kappa shape index (κ3) is 3.68. The molecule has 1 saturated heterocycles. The van der Waals surface area contributed by atoms with Crippen molar-refractivity contribution in [2.24, 2.45) is 17.6 Å². The molecule has 100 valence electrons. The van der Waals surface area contributed by atoms with Crippen molar-refractivity contribution in [3.8, 4) is 0 Å². The Bertz CT molecular complexity index is 277. The Morgan fingerprint density at radius 2 is 2.12 bits per heavy atom. The molecule has 0 aromatic heterocycles. The van der Waals surface area contributed by atoms with Gasteiger partial charge in [-0.15, -0.1) is 0 Å². The second kappa shape index (κ2) is 5.36. The molecule has 4 heteroatoms. The van der Waals surface area contributed by atoms with E-state index in [9.17, 15) is 9.90 Å². The predicted molar refractivity (Wildman–Crippen MR) is 68.4 cm³/mol. The van der Waals surface area contributed by atoms with E-state index < -0.39 is 5.60 Å². The highest BCUT2D eigenvalue weighted by Crippen LogP contribution is 2.26. The van der Waals surface area contributed by atoms with Crippen molar-refractivity contribution >= 4 is 5.91 Å². The van der Waals surface area contributed by atoms with Crippen LogP contribution in [-0.4, -0.2) is 40.6 Å². The quantitative estimate of drug-likeness (QED) is 0.772. The lowest BCUT2D eigenvalue weighted by Gasteiger charge is -2.42. The van der Waals surface area contributed by atoms with Crippen LogP contribution in [-0.2, 0) is 4.79 Å². The van der Waals surface area contributed by atoms with Crippen LogP contribution in [0.15, 0.2) is 0 Å². The third-order valence-electron chi connectivity index (χ3n) is 4.18. The van der Waals surface area contributed by atoms with E-state index in [4.69, 9.17) is 5.73 Å². The molecular weight excluding hydrogens is 216 g/mol. The summed E-state index contributed by atoms with van der Waals surface area (Å²) in [7, 11) is 0. The smallest absolute Gasteiger partial charge is 0.221 e. The van der Waals surface area contributed by atoms with Crippen molar-refractivity contribution in [3.63, 3.8) is 0 Å². The number of amides is 1. The van der Waals surface area contributed by atoms with Gasteiger partial charge in [0.1, 0.15) is 0 Å². The first-order valence-electron chi connectivity index (χ1n) is 6.49. The van der Waals surface area contributed by atoms with Crippen LogP contribution in [0.4, 0.5) is 0 Å². The lowest BCUT2D eigenvalue weighted by molar-refractivity contribution is -0.125. The Morgan fingerprint density at radius 1 is 1.53 bits per heavy atom. The monoisotopic (exact) mass is 242 g/mol. The summed E-state index contributed by atoms with van der Waals surface area (Å²) >= 11 is 0. The molecule has 0 aromatic carbocycles. The largest absolute Gasteiger partial charge is 0.389 e. The lowest BCUT2D eigenvalue weighted by Crippen LogP contribution is -2.52. The molecule has 1 aliphatic heterocycles. The van der Waals surface area contributed by atoms with Crippen LogP contribution in [0.25, 0.3) is 0 Å². The van der Waals surface area contributed by atoms with Crippen LogP contribution >= 0.6 is 0 Å². The van der Waals surface area contributed by atoms with Crippen molar-refractivity contribution in [2.45, 2.75) is 52.2 Å². The summed E-state index contributed by atoms with van der Waals surface area (Å²) in [5.41, 5.74) is 4.66. The van der Waals surface area contributed by atoms with Crippen molar-refractivity contribution in [3.05, 3.63) is 0 Å². The number of β-amino-alcohol motifs (C(OH)–C–C–N with tert-alkyl or cyclic N) is 1. The minimum Gasteiger partial charge on any atom is -0.389 e. The predicted octanol–water partition coefficient (Wildman–Crippen LogP) is 0.979. The standard InChI is InChI=1S/C13H26N2O2/c1-9(2)13(4,17)8-15-7-11(12(14)16)6-5-10(15)3/h9-11,17H,5-8H2,1-4H3,(H2,14,16). The number of rotatable bonds is 4. The summed E-state index contributed by atoms with van der Waals surface area (Å²) in [5.74, 6) is -0.0797. The maximum absolute atomic E-state index is 11.2. The first-order chi connectivity index (χ1) is 7.74. The Labute approximate surface area is 104 Å². The summed E-state index contributed by atoms with van der Waals surface area (Å²) in [6.45, 7) is 9.32. The number of aliphatic hydroxyl groups is 1. The molecule has 3 N–H and O–H groups in total. The van der Waals surface area contributed by atoms with Gasteiger partial charge < -0.3 is 10.8 Å². The van der Waals surface area contributed by atoms with Crippen molar-refractivity contribution in [2.75, 3.05) is 13.1 Å². The van der Waals surface area contributed by atoms with Crippen LogP contribution in [0.2, 0.25) is 0 Å². The van der Waals surface area contributed by atoms with Gasteiger partial charge in [-0.3, -0.25) is 9.69 Å². The summed E-state index contributed by atoms with van der Waals surface area (Å²) in [6.07, 6.45) is 1.85. The van der Waals surface area contributed by atoms with E-state index in [1.807, 2.05) is 20.8 Å². The molecule has 0 spiro atoms. The van der Waals surface area contributed by atoms with E-state index in [0.29, 0.717) is 19.1 Å². The van der Waals surface area contributed by atoms with Crippen LogP contribution in [0, 0.1) is 11.8 Å². The Hall–Kier alpha value is -0.610. The van der Waals surface area contributed by atoms with Gasteiger partial charge in [-0.2, -0.15) is 0 Å². The number of primary amides is 1. The second-order valence-corrected chi connectivity index (χ2v) is 5.97. The van der Waals surface area contributed by atoms with Crippen LogP contribution < -0.4 is 5.73 Å². The Morgan fingerprint density at radius 3 is 2.59 bits per heavy atom. The molecule has 3 unspecified atom stereocenters. The highest BCUT2D eigenvalue weighted by molar-refractivity contribution is 5.76. The van der Waals surface area contributed by atoms with Gasteiger partial charge in [0.2, 0.25) is 5.91 Å². The highest BCUT2D eigenvalue weighted by Gasteiger charge is 2.34. The van der Waals surface area contributed by atoms with E-state index in [1.165, 1.54) is 0 Å². The van der Waals surface area contributed by atoms with E-state index in [1.54, 1.807) is 0 Å². The Kier molecular flexibility index (Phi) is 4.55. The van der Waals surface area contributed by atoms with Gasteiger partial charge >= 0.3 is 0 Å². The summed E-state index contributed by atoms with van der Waals surface area (Å²) < 4.78 is 0. The first-order valence-corrected chi connectivity index (χ1v) is 6.49. The zero-order valence-electron chi connectivity index (χ0n) is 11.4. The van der Waals surface area contributed by atoms with Gasteiger partial charge in [-0.1, -0.05) is 13.8 Å². The molecule has 0 bridgehead atoms. The minimum atomic E-state index is -0.714. The van der Waals surface area contributed by atoms with Crippen LogP contribution in [0.5, 0.6) is 0 Å². The molecule has 0 aliphatic carbocycles. The van der Waals surface area contributed by atoms with Gasteiger partial charge in [0.25, 0.3) is 0 Å². The van der Waals surface area contributed by atoms with Gasteiger partial charge in [0.05, 0.1) is 11.5 Å². The summed E-state index contributed by atoms with van der Waals surface area (Å²) in [6, 6.07) is 0.413. The molecule has 0 saturated carbocycles. The second-order valence-electron chi connectivity index (χ2n) is 5.97. The van der Waals surface area contributed by atoms with E-state index in [2.05, 4.69) is 11.8 Å². The molecule has 0 aromatic rings. The molecule has 1 rings (SSSR count). The van der Waals surface area contributed by atoms with Gasteiger partial charge in [0.15, 0.2) is 0 Å². The van der Waals surface area contributed by atoms with E-state index >= 15 is 0 Å². The number of nitrogens with two attached hydrogens (primary N) is 1. The summed E-state index contributed by atoms with van der Waals surface area (Å²) in [5, 5.41) is 10.3. The fraction of sp³-hybridized carbons (Fsp3) is 0.923. The fourth-order valence-corrected chi connectivity index (χ4v) is 2.23. The molecule has 17 heavy (non-hydrogen) atoms. The maximum Gasteiger partial charge on any atom is 0.221 e. The number of hydrogen-bond donors (Lipinski definition) is 2. The normalized spacial score (nSPS) is 30.2. The van der Waals surface area contributed by atoms with Crippen molar-refractivity contribution in [1.82, 2.24) is 4.90 Å². The molecule has 1 fully saturated rings. The minimum absolute atomic E-state index is 0.0610. The molecule has 1 amide bonds. The van der Waals surface area contributed by atoms with Gasteiger partial charge in [0, 0.05) is 19.1 Å². The molecule has 1 aliphatic rings. The van der Waals surface area contributed by atoms with Gasteiger partial charge in [-0.05, 0) is 32.6 Å². The first kappa shape index (κ1) is 14.5. The fourth-order valence-electron chi connectivity index (χ4n) is 2.23. The third-order valence-corrected chi connectivity index (χ3v) is 4.18. The molecule has 3 atom stereocenters. The highest BCUT2D eigenvalue weighted by atomic mass is 16.3. The maximum atomic E-state index is 11.2. The van der Waals surface area contributed by atoms with E-state index in [-0.39, 0.29) is 17.7 Å². The average molecular weight is 242 g/mol. The Balaban J connectivity index is 2.65. The SMILES string of the molecule is CC1CCC(C(N)=O)CN1CC(C)(O)C(C)C. The lowest BCUT2D eigenvalue weighted by atomic mass is 9.88. The molecule has 0 radical (unpaired) electrons. The molecule has 4 nitrogen and oxygen atoms in total. The molecular formula is C13H26N2O2. The topological polar surface area (TPSA) is 66.6 Å². The van der Waals surface area contributed by atoms with Gasteiger partial charge in [-0.25, -0.2) is 0 Å². The number of carbonyl (C=O) groups is 1. The number of nitrogens with zero attached hydrogens (tertiary/aromatic N) is 1.